The van der Waals surface area contributed by atoms with Crippen LogP contribution in [-0.4, -0.2) is 8.42 Å². The molecule has 0 fully saturated rings. The highest BCUT2D eigenvalue weighted by Gasteiger charge is 2.20. The van der Waals surface area contributed by atoms with Gasteiger partial charge in [0.05, 0.1) is 10.6 Å². The van der Waals surface area contributed by atoms with E-state index in [1.54, 1.807) is 0 Å². The minimum absolute atomic E-state index is 0.129. The number of hydrogen-bond donors (Lipinski definition) is 1. The topological polar surface area (TPSA) is 70.0 Å². The molecular weight excluding hydrogens is 346 g/mol. The second-order valence-electron chi connectivity index (χ2n) is 4.35. The van der Waals surface area contributed by atoms with Gasteiger partial charge in [0.15, 0.2) is 4.91 Å². The highest BCUT2D eigenvalue weighted by Crippen LogP contribution is 2.22. The van der Waals surface area contributed by atoms with Gasteiger partial charge in [0.2, 0.25) is 9.84 Å². The van der Waals surface area contributed by atoms with E-state index < -0.39 is 26.4 Å². The maximum atomic E-state index is 13.5. The summed E-state index contributed by atoms with van der Waals surface area (Å²) in [5.41, 5.74) is -0.162. The summed E-state index contributed by atoms with van der Waals surface area (Å²) in [6.45, 7) is 0. The number of nitriles is 1. The van der Waals surface area contributed by atoms with Crippen molar-refractivity contribution in [2.75, 3.05) is 5.32 Å². The van der Waals surface area contributed by atoms with E-state index in [4.69, 9.17) is 16.9 Å². The van der Waals surface area contributed by atoms with E-state index in [0.29, 0.717) is 11.1 Å². The number of benzene rings is 2. The Kier molecular flexibility index (Phi) is 4.98. The van der Waals surface area contributed by atoms with Gasteiger partial charge in [0.1, 0.15) is 17.7 Å². The van der Waals surface area contributed by atoms with Crippen molar-refractivity contribution in [2.45, 2.75) is 4.90 Å². The minimum atomic E-state index is -4.08. The Balaban J connectivity index is 2.35. The zero-order valence-electron chi connectivity index (χ0n) is 11.4. The molecular formula is C15H9ClF2N2O2S. The lowest BCUT2D eigenvalue weighted by Crippen LogP contribution is -2.06. The molecule has 0 bridgehead atoms. The molecule has 118 valence electrons. The zero-order valence-corrected chi connectivity index (χ0v) is 13.0. The quantitative estimate of drug-likeness (QED) is 0.846. The predicted octanol–water partition coefficient (Wildman–Crippen LogP) is 3.87. The number of anilines is 1. The summed E-state index contributed by atoms with van der Waals surface area (Å²) in [6, 6.07) is 9.51. The Morgan fingerprint density at radius 3 is 2.39 bits per heavy atom. The molecule has 2 aromatic rings. The van der Waals surface area contributed by atoms with Crippen molar-refractivity contribution in [1.82, 2.24) is 0 Å². The summed E-state index contributed by atoms with van der Waals surface area (Å²) in [4.78, 5) is -0.750. The first-order valence-corrected chi connectivity index (χ1v) is 8.03. The third-order valence-corrected chi connectivity index (χ3v) is 4.75. The van der Waals surface area contributed by atoms with E-state index in [1.165, 1.54) is 30.3 Å². The molecule has 0 atom stereocenters. The van der Waals surface area contributed by atoms with E-state index in [1.807, 2.05) is 0 Å². The second kappa shape index (κ2) is 6.77. The SMILES string of the molecule is N#C/C(=C\Nc1ccc(F)cc1F)S(=O)(=O)c1ccc(Cl)cc1. The zero-order chi connectivity index (χ0) is 17.0. The van der Waals surface area contributed by atoms with Crippen LogP contribution < -0.4 is 5.32 Å². The molecule has 0 spiro atoms. The summed E-state index contributed by atoms with van der Waals surface area (Å²) in [5.74, 6) is -1.69. The Bertz CT molecular complexity index is 904. The van der Waals surface area contributed by atoms with E-state index in [2.05, 4.69) is 5.32 Å². The van der Waals surface area contributed by atoms with Crippen molar-refractivity contribution in [3.63, 3.8) is 0 Å². The van der Waals surface area contributed by atoms with Gasteiger partial charge in [-0.15, -0.1) is 0 Å². The van der Waals surface area contributed by atoms with Crippen LogP contribution in [0.4, 0.5) is 14.5 Å². The number of sulfone groups is 1. The number of allylic oxidation sites excluding steroid dienone is 1. The average molecular weight is 355 g/mol. The molecule has 2 rings (SSSR count). The van der Waals surface area contributed by atoms with Gasteiger partial charge in [-0.05, 0) is 36.4 Å². The summed E-state index contributed by atoms with van der Waals surface area (Å²) in [6.07, 6.45) is 0.847. The van der Waals surface area contributed by atoms with Crippen molar-refractivity contribution in [3.05, 3.63) is 70.2 Å². The predicted molar refractivity (Wildman–Crippen MR) is 82.3 cm³/mol. The van der Waals surface area contributed by atoms with Gasteiger partial charge in [-0.2, -0.15) is 5.26 Å². The molecule has 4 nitrogen and oxygen atoms in total. The fourth-order valence-corrected chi connectivity index (χ4v) is 2.87. The lowest BCUT2D eigenvalue weighted by Gasteiger charge is -2.06. The first kappa shape index (κ1) is 16.9. The van der Waals surface area contributed by atoms with Crippen LogP contribution in [0.2, 0.25) is 5.02 Å². The summed E-state index contributed by atoms with van der Waals surface area (Å²) < 4.78 is 50.9. The maximum absolute atomic E-state index is 13.5. The Hall–Kier alpha value is -2.43. The number of nitrogens with zero attached hydrogens (tertiary/aromatic N) is 1. The number of hydrogen-bond acceptors (Lipinski definition) is 4. The fraction of sp³-hybridized carbons (Fsp3) is 0. The van der Waals surface area contributed by atoms with Gasteiger partial charge in [-0.3, -0.25) is 0 Å². The van der Waals surface area contributed by atoms with Gasteiger partial charge in [-0.1, -0.05) is 11.6 Å². The molecule has 8 heteroatoms. The third kappa shape index (κ3) is 3.86. The van der Waals surface area contributed by atoms with Gasteiger partial charge in [0, 0.05) is 17.3 Å². The molecule has 0 radical (unpaired) electrons. The standard InChI is InChI=1S/C15H9ClF2N2O2S/c16-10-1-4-12(5-2-10)23(21,22)13(8-19)9-20-15-6-3-11(17)7-14(15)18/h1-7,9,20H/b13-9+. The van der Waals surface area contributed by atoms with Crippen LogP contribution in [0.1, 0.15) is 0 Å². The number of rotatable bonds is 4. The van der Waals surface area contributed by atoms with E-state index in [0.717, 1.165) is 18.3 Å². The van der Waals surface area contributed by atoms with E-state index in [-0.39, 0.29) is 10.6 Å². The maximum Gasteiger partial charge on any atom is 0.218 e. The van der Waals surface area contributed by atoms with Crippen LogP contribution >= 0.6 is 11.6 Å². The molecule has 0 aliphatic heterocycles. The number of nitrogens with one attached hydrogen (secondary N) is 1. The van der Waals surface area contributed by atoms with Gasteiger partial charge in [0.25, 0.3) is 0 Å². The molecule has 0 heterocycles. The molecule has 0 saturated carbocycles. The third-order valence-electron chi connectivity index (χ3n) is 2.81. The van der Waals surface area contributed by atoms with E-state index >= 15 is 0 Å². The fourth-order valence-electron chi connectivity index (χ4n) is 1.66. The summed E-state index contributed by atoms with van der Waals surface area (Å²) in [5, 5.41) is 11.7. The lowest BCUT2D eigenvalue weighted by molar-refractivity contribution is 0.585. The average Bonchev–Trinajstić information content (AvgIpc) is 2.50. The molecule has 2 aromatic carbocycles. The highest BCUT2D eigenvalue weighted by atomic mass is 35.5. The Morgan fingerprint density at radius 2 is 1.83 bits per heavy atom. The van der Waals surface area contributed by atoms with Crippen molar-refractivity contribution in [1.29, 1.82) is 5.26 Å². The van der Waals surface area contributed by atoms with Crippen LogP contribution in [0.3, 0.4) is 0 Å². The van der Waals surface area contributed by atoms with Gasteiger partial charge >= 0.3 is 0 Å². The largest absolute Gasteiger partial charge is 0.357 e. The normalized spacial score (nSPS) is 11.8. The van der Waals surface area contributed by atoms with Crippen molar-refractivity contribution < 1.29 is 17.2 Å². The van der Waals surface area contributed by atoms with E-state index in [9.17, 15) is 17.2 Å². The Labute approximate surface area is 136 Å². The van der Waals surface area contributed by atoms with Crippen LogP contribution in [0.5, 0.6) is 0 Å². The molecule has 0 aliphatic carbocycles. The van der Waals surface area contributed by atoms with Crippen LogP contribution in [0.25, 0.3) is 0 Å². The summed E-state index contributed by atoms with van der Waals surface area (Å²) in [7, 11) is -4.08. The van der Waals surface area contributed by atoms with Crippen LogP contribution in [0, 0.1) is 23.0 Å². The smallest absolute Gasteiger partial charge is 0.218 e. The van der Waals surface area contributed by atoms with Crippen molar-refractivity contribution in [3.8, 4) is 6.07 Å². The van der Waals surface area contributed by atoms with Crippen molar-refractivity contribution in [2.24, 2.45) is 0 Å². The molecule has 0 saturated heterocycles. The molecule has 0 unspecified atom stereocenters. The molecule has 1 N–H and O–H groups in total. The molecule has 0 amide bonds. The molecule has 23 heavy (non-hydrogen) atoms. The first-order valence-electron chi connectivity index (χ1n) is 6.17. The highest BCUT2D eigenvalue weighted by molar-refractivity contribution is 7.95. The monoisotopic (exact) mass is 354 g/mol. The second-order valence-corrected chi connectivity index (χ2v) is 6.70. The first-order chi connectivity index (χ1) is 10.8. The van der Waals surface area contributed by atoms with Gasteiger partial charge < -0.3 is 5.32 Å². The Morgan fingerprint density at radius 1 is 1.17 bits per heavy atom. The minimum Gasteiger partial charge on any atom is -0.357 e. The number of halogens is 3. The van der Waals surface area contributed by atoms with Gasteiger partial charge in [-0.25, -0.2) is 17.2 Å². The van der Waals surface area contributed by atoms with Crippen LogP contribution in [-0.2, 0) is 9.84 Å². The molecule has 0 aliphatic rings. The summed E-state index contributed by atoms with van der Waals surface area (Å²) >= 11 is 5.69. The van der Waals surface area contributed by atoms with Crippen molar-refractivity contribution >= 4 is 27.1 Å². The van der Waals surface area contributed by atoms with Crippen LogP contribution in [0.15, 0.2) is 58.5 Å². The molecule has 0 aromatic heterocycles. The lowest BCUT2D eigenvalue weighted by atomic mass is 10.3.